The summed E-state index contributed by atoms with van der Waals surface area (Å²) in [5, 5.41) is 3.40. The van der Waals surface area contributed by atoms with E-state index in [9.17, 15) is 18.0 Å². The minimum absolute atomic E-state index is 0.0269. The first kappa shape index (κ1) is 27.8. The summed E-state index contributed by atoms with van der Waals surface area (Å²) in [5.74, 6) is -0.698. The van der Waals surface area contributed by atoms with E-state index in [-0.39, 0.29) is 23.2 Å². The van der Waals surface area contributed by atoms with E-state index in [1.807, 2.05) is 30.3 Å². The molecule has 37 heavy (non-hydrogen) atoms. The zero-order valence-electron chi connectivity index (χ0n) is 20.5. The lowest BCUT2D eigenvalue weighted by Gasteiger charge is -2.26. The molecule has 0 bridgehead atoms. The highest BCUT2D eigenvalue weighted by molar-refractivity contribution is 8.16. The summed E-state index contributed by atoms with van der Waals surface area (Å²) < 4.78 is 30.1. The van der Waals surface area contributed by atoms with Crippen molar-refractivity contribution in [3.05, 3.63) is 64.1 Å². The van der Waals surface area contributed by atoms with Crippen molar-refractivity contribution in [2.45, 2.75) is 50.1 Å². The number of nitrogens with zero attached hydrogens (tertiary/aromatic N) is 2. The molecule has 2 aromatic carbocycles. The maximum Gasteiger partial charge on any atom is 0.408 e. The third kappa shape index (κ3) is 6.98. The molecule has 198 valence electrons. The number of carbonyl (C=O) groups excluding carboxylic acids is 2. The van der Waals surface area contributed by atoms with Crippen molar-refractivity contribution in [1.82, 2.24) is 5.32 Å². The van der Waals surface area contributed by atoms with Gasteiger partial charge in [-0.15, -0.1) is 0 Å². The standard InChI is InChI=1S/C25H27Cl2N3O5S2/c1-25(2,3)35-24(32)28-18(11-15-7-5-4-6-8-15)22(31)29-23-30(19-10-9-16(26)12-17(19)27)20-13-37(33,34)14-21(20)36-23/h4-10,12,18,20-21H,11,13-14H2,1-3H3,(H,28,32)/t18-,20-,21-/m1/s1. The van der Waals surface area contributed by atoms with Crippen LogP contribution in [0.4, 0.5) is 10.5 Å². The van der Waals surface area contributed by atoms with Gasteiger partial charge in [0.1, 0.15) is 11.6 Å². The number of hydrogen-bond donors (Lipinski definition) is 1. The molecule has 1 N–H and O–H groups in total. The van der Waals surface area contributed by atoms with Crippen molar-refractivity contribution in [2.24, 2.45) is 4.99 Å². The van der Waals surface area contributed by atoms with Crippen molar-refractivity contribution in [3.8, 4) is 0 Å². The molecule has 12 heteroatoms. The number of thioether (sulfide) groups is 1. The minimum Gasteiger partial charge on any atom is -0.444 e. The highest BCUT2D eigenvalue weighted by Crippen LogP contribution is 2.43. The normalized spacial score (nSPS) is 22.5. The first-order chi connectivity index (χ1) is 17.3. The van der Waals surface area contributed by atoms with Crippen LogP contribution in [-0.2, 0) is 25.8 Å². The summed E-state index contributed by atoms with van der Waals surface area (Å²) in [6, 6.07) is 12.7. The molecule has 0 saturated carbocycles. The molecule has 2 aliphatic heterocycles. The summed E-state index contributed by atoms with van der Waals surface area (Å²) >= 11 is 13.8. The number of ether oxygens (including phenoxy) is 1. The van der Waals surface area contributed by atoms with Gasteiger partial charge in [-0.25, -0.2) is 13.2 Å². The SMILES string of the molecule is CC(C)(C)OC(=O)N[C@H](Cc1ccccc1)C(=O)N=C1S[C@@H]2CS(=O)(=O)C[C@H]2N1c1ccc(Cl)cc1Cl. The number of anilines is 1. The average Bonchev–Trinajstić information content (AvgIpc) is 3.24. The summed E-state index contributed by atoms with van der Waals surface area (Å²) in [4.78, 5) is 32.1. The van der Waals surface area contributed by atoms with Crippen LogP contribution < -0.4 is 10.2 Å². The number of alkyl carbamates (subject to hydrolysis) is 1. The Balaban J connectivity index is 1.67. The van der Waals surface area contributed by atoms with Gasteiger partial charge in [0.2, 0.25) is 0 Å². The van der Waals surface area contributed by atoms with Gasteiger partial charge in [0.25, 0.3) is 5.91 Å². The van der Waals surface area contributed by atoms with Gasteiger partial charge in [0.15, 0.2) is 15.0 Å². The molecule has 2 amide bonds. The molecular formula is C25H27Cl2N3O5S2. The number of sulfone groups is 1. The Bertz CT molecular complexity index is 1330. The second kappa shape index (κ2) is 10.8. The number of nitrogens with one attached hydrogen (secondary N) is 1. The lowest BCUT2D eigenvalue weighted by molar-refractivity contribution is -0.119. The molecule has 0 aliphatic carbocycles. The molecule has 0 spiro atoms. The van der Waals surface area contributed by atoms with Crippen LogP contribution in [0.3, 0.4) is 0 Å². The van der Waals surface area contributed by atoms with Gasteiger partial charge in [-0.05, 0) is 44.5 Å². The fourth-order valence-corrected chi connectivity index (χ4v) is 8.61. The predicted octanol–water partition coefficient (Wildman–Crippen LogP) is 4.73. The molecule has 4 rings (SSSR count). The number of aliphatic imine (C=N–C) groups is 1. The van der Waals surface area contributed by atoms with E-state index in [1.54, 1.807) is 43.9 Å². The quantitative estimate of drug-likeness (QED) is 0.542. The van der Waals surface area contributed by atoms with E-state index in [1.165, 1.54) is 11.8 Å². The maximum atomic E-state index is 13.5. The van der Waals surface area contributed by atoms with Crippen LogP contribution in [0.2, 0.25) is 10.0 Å². The Hall–Kier alpha value is -2.27. The predicted molar refractivity (Wildman–Crippen MR) is 149 cm³/mol. The monoisotopic (exact) mass is 583 g/mol. The maximum absolute atomic E-state index is 13.5. The van der Waals surface area contributed by atoms with Gasteiger partial charge in [0, 0.05) is 16.7 Å². The molecule has 8 nitrogen and oxygen atoms in total. The molecule has 2 heterocycles. The summed E-state index contributed by atoms with van der Waals surface area (Å²) in [6.07, 6.45) is -0.537. The van der Waals surface area contributed by atoms with Crippen molar-refractivity contribution in [1.29, 1.82) is 0 Å². The number of hydrogen-bond acceptors (Lipinski definition) is 6. The highest BCUT2D eigenvalue weighted by Gasteiger charge is 2.50. The molecule has 2 fully saturated rings. The average molecular weight is 585 g/mol. The highest BCUT2D eigenvalue weighted by atomic mass is 35.5. The third-order valence-electron chi connectivity index (χ3n) is 5.71. The zero-order chi connectivity index (χ0) is 27.0. The Kier molecular flexibility index (Phi) is 8.13. The number of benzene rings is 2. The summed E-state index contributed by atoms with van der Waals surface area (Å²) in [5.41, 5.74) is 0.592. The number of carbonyl (C=O) groups is 2. The molecule has 2 saturated heterocycles. The van der Waals surface area contributed by atoms with Gasteiger partial charge < -0.3 is 15.0 Å². The molecule has 0 aromatic heterocycles. The first-order valence-corrected chi connectivity index (χ1v) is 15.0. The van der Waals surface area contributed by atoms with Crippen LogP contribution in [0.1, 0.15) is 26.3 Å². The number of halogens is 2. The van der Waals surface area contributed by atoms with Crippen LogP contribution in [0.15, 0.2) is 53.5 Å². The van der Waals surface area contributed by atoms with Crippen LogP contribution in [0.25, 0.3) is 0 Å². The zero-order valence-corrected chi connectivity index (χ0v) is 23.6. The molecule has 0 radical (unpaired) electrons. The van der Waals surface area contributed by atoms with Crippen LogP contribution >= 0.6 is 35.0 Å². The van der Waals surface area contributed by atoms with Gasteiger partial charge in [-0.3, -0.25) is 4.79 Å². The van der Waals surface area contributed by atoms with Crippen LogP contribution in [0, 0.1) is 0 Å². The number of amidine groups is 1. The van der Waals surface area contributed by atoms with E-state index in [4.69, 9.17) is 27.9 Å². The van der Waals surface area contributed by atoms with Crippen molar-refractivity contribution >= 4 is 67.7 Å². The fraction of sp³-hybridized carbons (Fsp3) is 0.400. The Labute approximate surface area is 230 Å². The van der Waals surface area contributed by atoms with Crippen molar-refractivity contribution in [3.63, 3.8) is 0 Å². The number of amides is 2. The van der Waals surface area contributed by atoms with Gasteiger partial charge in [0.05, 0.1) is 28.3 Å². The van der Waals surface area contributed by atoms with Gasteiger partial charge >= 0.3 is 6.09 Å². The van der Waals surface area contributed by atoms with Crippen molar-refractivity contribution in [2.75, 3.05) is 16.4 Å². The number of rotatable bonds is 5. The Morgan fingerprint density at radius 2 is 1.86 bits per heavy atom. The fourth-order valence-electron chi connectivity index (χ4n) is 4.19. The molecule has 3 atom stereocenters. The molecule has 0 unspecified atom stereocenters. The second-order valence-electron chi connectivity index (χ2n) is 9.89. The number of fused-ring (bicyclic) bond motifs is 1. The third-order valence-corrected chi connectivity index (χ3v) is 9.46. The second-order valence-corrected chi connectivity index (χ2v) is 14.1. The Morgan fingerprint density at radius 1 is 1.16 bits per heavy atom. The first-order valence-electron chi connectivity index (χ1n) is 11.6. The van der Waals surface area contributed by atoms with Gasteiger partial charge in [-0.1, -0.05) is 65.3 Å². The smallest absolute Gasteiger partial charge is 0.408 e. The molecule has 2 aromatic rings. The van der Waals surface area contributed by atoms with E-state index >= 15 is 0 Å². The van der Waals surface area contributed by atoms with E-state index in [0.717, 1.165) is 5.56 Å². The lowest BCUT2D eigenvalue weighted by atomic mass is 10.1. The van der Waals surface area contributed by atoms with E-state index in [0.29, 0.717) is 20.9 Å². The van der Waals surface area contributed by atoms with E-state index in [2.05, 4.69) is 10.3 Å². The topological polar surface area (TPSA) is 105 Å². The summed E-state index contributed by atoms with van der Waals surface area (Å²) in [6.45, 7) is 5.20. The summed E-state index contributed by atoms with van der Waals surface area (Å²) in [7, 11) is -3.25. The molecule has 2 aliphatic rings. The lowest BCUT2D eigenvalue weighted by Crippen LogP contribution is -2.45. The van der Waals surface area contributed by atoms with E-state index < -0.39 is 39.5 Å². The Morgan fingerprint density at radius 3 is 2.51 bits per heavy atom. The minimum atomic E-state index is -3.25. The largest absolute Gasteiger partial charge is 0.444 e. The van der Waals surface area contributed by atoms with Crippen LogP contribution in [0.5, 0.6) is 0 Å². The van der Waals surface area contributed by atoms with Gasteiger partial charge in [-0.2, -0.15) is 4.99 Å². The molecular weight excluding hydrogens is 557 g/mol. The van der Waals surface area contributed by atoms with Crippen molar-refractivity contribution < 1.29 is 22.7 Å². The van der Waals surface area contributed by atoms with Crippen LogP contribution in [-0.4, -0.2) is 60.0 Å².